The van der Waals surface area contributed by atoms with Gasteiger partial charge in [-0.3, -0.25) is 4.79 Å². The number of alkyl halides is 5. The van der Waals surface area contributed by atoms with Gasteiger partial charge >= 0.3 is 18.1 Å². The summed E-state index contributed by atoms with van der Waals surface area (Å²) in [5.41, 5.74) is 0. The molecule has 0 aromatic rings. The lowest BCUT2D eigenvalue weighted by molar-refractivity contribution is -0.278. The molecule has 0 saturated carbocycles. The lowest BCUT2D eigenvalue weighted by atomic mass is 10.1. The summed E-state index contributed by atoms with van der Waals surface area (Å²) in [6.07, 6.45) is -9.00. The van der Waals surface area contributed by atoms with Crippen molar-refractivity contribution >= 4 is 5.97 Å². The molecule has 0 amide bonds. The molecule has 3 nitrogen and oxygen atoms in total. The molecule has 0 aliphatic carbocycles. The average molecular weight is 264 g/mol. The molecule has 102 valence electrons. The summed E-state index contributed by atoms with van der Waals surface area (Å²) in [6, 6.07) is 0. The minimum absolute atomic E-state index is 0.312. The number of hydrogen-bond acceptors (Lipinski definition) is 3. The van der Waals surface area contributed by atoms with Crippen LogP contribution >= 0.6 is 0 Å². The zero-order chi connectivity index (χ0) is 13.9. The lowest BCUT2D eigenvalue weighted by Crippen LogP contribution is -2.48. The smallest absolute Gasteiger partial charge is 0.420 e. The van der Waals surface area contributed by atoms with Crippen LogP contribution in [0.5, 0.6) is 0 Å². The van der Waals surface area contributed by atoms with Gasteiger partial charge in [0, 0.05) is 0 Å². The molecule has 1 N–H and O–H groups in total. The van der Waals surface area contributed by atoms with E-state index < -0.39 is 36.7 Å². The van der Waals surface area contributed by atoms with E-state index in [0.717, 1.165) is 0 Å². The summed E-state index contributed by atoms with van der Waals surface area (Å²) in [5.74, 6) is -6.27. The van der Waals surface area contributed by atoms with Gasteiger partial charge in [-0.05, 0) is 6.42 Å². The molecule has 2 atom stereocenters. The molecule has 0 radical (unpaired) electrons. The molecular weight excluding hydrogens is 251 g/mol. The number of carbonyl (C=O) groups excluding carboxylic acids is 1. The van der Waals surface area contributed by atoms with E-state index in [1.807, 2.05) is 0 Å². The van der Waals surface area contributed by atoms with E-state index >= 15 is 0 Å². The molecular formula is C9H13F5O3. The van der Waals surface area contributed by atoms with Crippen LogP contribution in [0.15, 0.2) is 0 Å². The van der Waals surface area contributed by atoms with E-state index in [4.69, 9.17) is 5.11 Å². The molecule has 0 spiro atoms. The van der Waals surface area contributed by atoms with Gasteiger partial charge in [-0.2, -0.15) is 22.0 Å². The van der Waals surface area contributed by atoms with Crippen LogP contribution in [0.25, 0.3) is 0 Å². The summed E-state index contributed by atoms with van der Waals surface area (Å²) in [5, 5.41) is 8.36. The largest absolute Gasteiger partial charge is 0.459 e. The number of halogens is 5. The molecule has 0 heterocycles. The molecule has 0 aliphatic heterocycles. The van der Waals surface area contributed by atoms with Crippen LogP contribution in [-0.2, 0) is 9.53 Å². The van der Waals surface area contributed by atoms with E-state index in [-0.39, 0.29) is 0 Å². The molecule has 0 saturated heterocycles. The highest BCUT2D eigenvalue weighted by Gasteiger charge is 2.55. The van der Waals surface area contributed by atoms with Crippen molar-refractivity contribution in [1.82, 2.24) is 0 Å². The van der Waals surface area contributed by atoms with E-state index in [9.17, 15) is 26.7 Å². The zero-order valence-corrected chi connectivity index (χ0v) is 9.22. The zero-order valence-electron chi connectivity index (χ0n) is 9.22. The van der Waals surface area contributed by atoms with Crippen molar-refractivity contribution in [1.29, 1.82) is 0 Å². The molecule has 0 bridgehead atoms. The lowest BCUT2D eigenvalue weighted by Gasteiger charge is -2.24. The topological polar surface area (TPSA) is 46.5 Å². The summed E-state index contributed by atoms with van der Waals surface area (Å²) in [7, 11) is 0. The standard InChI is InChI=1S/C9H13F5O3/c1-3-5(2)6(15)17-4-8(10,11)7(16)9(12,13)14/h5,7,16H,3-4H2,1-2H3. The second-order valence-corrected chi connectivity index (χ2v) is 3.62. The Kier molecular flexibility index (Phi) is 5.31. The quantitative estimate of drug-likeness (QED) is 0.611. The first-order chi connectivity index (χ1) is 7.52. The van der Waals surface area contributed by atoms with Crippen molar-refractivity contribution in [2.45, 2.75) is 38.5 Å². The first kappa shape index (κ1) is 16.1. The maximum atomic E-state index is 12.8. The Morgan fingerprint density at radius 3 is 2.12 bits per heavy atom. The van der Waals surface area contributed by atoms with Crippen LogP contribution in [0.1, 0.15) is 20.3 Å². The highest BCUT2D eigenvalue weighted by molar-refractivity contribution is 5.71. The third-order valence-corrected chi connectivity index (χ3v) is 2.13. The fourth-order valence-corrected chi connectivity index (χ4v) is 0.795. The number of aliphatic hydroxyl groups is 1. The first-order valence-electron chi connectivity index (χ1n) is 4.81. The Labute approximate surface area is 94.6 Å². The van der Waals surface area contributed by atoms with E-state index in [2.05, 4.69) is 4.74 Å². The Hall–Kier alpha value is -0.920. The van der Waals surface area contributed by atoms with Gasteiger partial charge < -0.3 is 9.84 Å². The molecule has 17 heavy (non-hydrogen) atoms. The molecule has 0 aliphatic rings. The van der Waals surface area contributed by atoms with Gasteiger partial charge in [0.1, 0.15) is 0 Å². The van der Waals surface area contributed by atoms with Crippen molar-refractivity contribution in [3.05, 3.63) is 0 Å². The number of ether oxygens (including phenoxy) is 1. The predicted octanol–water partition coefficient (Wildman–Crippen LogP) is 2.13. The van der Waals surface area contributed by atoms with Gasteiger partial charge in [-0.25, -0.2) is 0 Å². The predicted molar refractivity (Wildman–Crippen MR) is 47.4 cm³/mol. The third-order valence-electron chi connectivity index (χ3n) is 2.13. The number of aliphatic hydroxyl groups excluding tert-OH is 1. The van der Waals surface area contributed by atoms with Gasteiger partial charge in [0.2, 0.25) is 6.10 Å². The number of esters is 1. The molecule has 8 heteroatoms. The maximum Gasteiger partial charge on any atom is 0.420 e. The van der Waals surface area contributed by atoms with Gasteiger partial charge in [0.15, 0.2) is 6.61 Å². The SMILES string of the molecule is CCC(C)C(=O)OCC(F)(F)C(O)C(F)(F)F. The highest BCUT2D eigenvalue weighted by atomic mass is 19.4. The monoisotopic (exact) mass is 264 g/mol. The second kappa shape index (κ2) is 5.61. The van der Waals surface area contributed by atoms with Crippen LogP contribution in [0.4, 0.5) is 22.0 Å². The van der Waals surface area contributed by atoms with Crippen molar-refractivity contribution in [2.24, 2.45) is 5.92 Å². The summed E-state index contributed by atoms with van der Waals surface area (Å²) in [4.78, 5) is 11.0. The fourth-order valence-electron chi connectivity index (χ4n) is 0.795. The fraction of sp³-hybridized carbons (Fsp3) is 0.889. The summed E-state index contributed by atoms with van der Waals surface area (Å²) in [6.45, 7) is 1.19. The van der Waals surface area contributed by atoms with Crippen molar-refractivity contribution in [3.8, 4) is 0 Å². The van der Waals surface area contributed by atoms with Gasteiger partial charge in [-0.15, -0.1) is 0 Å². The average Bonchev–Trinajstić information content (AvgIpc) is 2.22. The first-order valence-corrected chi connectivity index (χ1v) is 4.81. The Balaban J connectivity index is 4.42. The normalized spacial score (nSPS) is 16.5. The van der Waals surface area contributed by atoms with Crippen LogP contribution in [0.2, 0.25) is 0 Å². The minimum atomic E-state index is -5.47. The Morgan fingerprint density at radius 1 is 1.29 bits per heavy atom. The number of hydrogen-bond donors (Lipinski definition) is 1. The van der Waals surface area contributed by atoms with Crippen molar-refractivity contribution < 1.29 is 36.6 Å². The summed E-state index contributed by atoms with van der Waals surface area (Å²) >= 11 is 0. The maximum absolute atomic E-state index is 12.8. The van der Waals surface area contributed by atoms with Crippen LogP contribution in [0, 0.1) is 5.92 Å². The molecule has 0 rings (SSSR count). The Morgan fingerprint density at radius 2 is 1.76 bits per heavy atom. The molecule has 0 fully saturated rings. The number of carbonyl (C=O) groups is 1. The number of rotatable bonds is 5. The van der Waals surface area contributed by atoms with Crippen LogP contribution in [0.3, 0.4) is 0 Å². The third kappa shape index (κ3) is 4.84. The summed E-state index contributed by atoms with van der Waals surface area (Å²) < 4.78 is 65.1. The van der Waals surface area contributed by atoms with Crippen LogP contribution < -0.4 is 0 Å². The van der Waals surface area contributed by atoms with E-state index in [1.54, 1.807) is 6.92 Å². The van der Waals surface area contributed by atoms with E-state index in [1.165, 1.54) is 6.92 Å². The minimum Gasteiger partial charge on any atom is -0.459 e. The van der Waals surface area contributed by atoms with Gasteiger partial charge in [0.25, 0.3) is 0 Å². The van der Waals surface area contributed by atoms with Crippen molar-refractivity contribution in [3.63, 3.8) is 0 Å². The molecule has 0 aromatic heterocycles. The van der Waals surface area contributed by atoms with Crippen LogP contribution in [-0.4, -0.2) is 35.9 Å². The van der Waals surface area contributed by atoms with Gasteiger partial charge in [-0.1, -0.05) is 13.8 Å². The molecule has 2 unspecified atom stereocenters. The second-order valence-electron chi connectivity index (χ2n) is 3.62. The van der Waals surface area contributed by atoms with E-state index in [0.29, 0.717) is 6.42 Å². The highest BCUT2D eigenvalue weighted by Crippen LogP contribution is 2.32. The molecule has 0 aromatic carbocycles. The van der Waals surface area contributed by atoms with Gasteiger partial charge in [0.05, 0.1) is 5.92 Å². The Bertz CT molecular complexity index is 264. The van der Waals surface area contributed by atoms with Crippen molar-refractivity contribution in [2.75, 3.05) is 6.61 Å².